The highest BCUT2D eigenvalue weighted by Gasteiger charge is 2.24. The van der Waals surface area contributed by atoms with Crippen molar-refractivity contribution in [3.8, 4) is 0 Å². The van der Waals surface area contributed by atoms with Crippen LogP contribution in [0.5, 0.6) is 0 Å². The van der Waals surface area contributed by atoms with Gasteiger partial charge in [-0.15, -0.1) is 0 Å². The van der Waals surface area contributed by atoms with Gasteiger partial charge in [0.1, 0.15) is 5.82 Å². The molecule has 0 saturated heterocycles. The summed E-state index contributed by atoms with van der Waals surface area (Å²) < 4.78 is 0. The third kappa shape index (κ3) is 2.15. The molecule has 1 aromatic carbocycles. The van der Waals surface area contributed by atoms with Crippen LogP contribution in [0.3, 0.4) is 0 Å². The maximum Gasteiger partial charge on any atom is 0.222 e. The number of rotatable bonds is 1. The Morgan fingerprint density at radius 2 is 1.84 bits per heavy atom. The Labute approximate surface area is 120 Å². The molecule has 1 aromatic heterocycles. The molecule has 0 aliphatic carbocycles. The van der Waals surface area contributed by atoms with E-state index < -0.39 is 0 Å². The predicted octanol–water partition coefficient (Wildman–Crippen LogP) is 2.47. The predicted molar refractivity (Wildman–Crippen MR) is 77.2 cm³/mol. The molecule has 0 amide bonds. The normalized spacial score (nSPS) is 13.7. The van der Waals surface area contributed by atoms with Crippen molar-refractivity contribution in [2.45, 2.75) is 13.1 Å². The van der Waals surface area contributed by atoms with Crippen LogP contribution in [0.15, 0.2) is 18.2 Å². The summed E-state index contributed by atoms with van der Waals surface area (Å²) in [6.45, 7) is 1.27. The lowest BCUT2D eigenvalue weighted by molar-refractivity contribution is 0.871. The number of aromatic nitrogens is 2. The number of fused-ring (bicyclic) bond motifs is 1. The largest absolute Gasteiger partial charge is 0.383 e. The summed E-state index contributed by atoms with van der Waals surface area (Å²) in [5.74, 6) is 0.636. The van der Waals surface area contributed by atoms with Gasteiger partial charge in [0.15, 0.2) is 0 Å². The molecule has 98 valence electrons. The molecular weight excluding hydrogens is 285 g/mol. The Bertz CT molecular complexity index is 659. The number of anilines is 3. The van der Waals surface area contributed by atoms with E-state index in [1.165, 1.54) is 0 Å². The monoisotopic (exact) mass is 295 g/mol. The van der Waals surface area contributed by atoms with Crippen LogP contribution in [0.1, 0.15) is 11.3 Å². The van der Waals surface area contributed by atoms with Gasteiger partial charge in [0.25, 0.3) is 0 Å². The number of halogens is 2. The molecule has 0 bridgehead atoms. The zero-order valence-electron chi connectivity index (χ0n) is 9.90. The molecule has 1 aliphatic rings. The molecule has 0 radical (unpaired) electrons. The molecule has 19 heavy (non-hydrogen) atoms. The average molecular weight is 296 g/mol. The van der Waals surface area contributed by atoms with Gasteiger partial charge in [-0.3, -0.25) is 0 Å². The fraction of sp³-hybridized carbons (Fsp3) is 0.167. The molecule has 0 spiro atoms. The zero-order valence-corrected chi connectivity index (χ0v) is 11.4. The first-order valence-electron chi connectivity index (χ1n) is 5.65. The summed E-state index contributed by atoms with van der Waals surface area (Å²) in [6, 6.07) is 5.50. The Balaban J connectivity index is 1.95. The molecule has 3 rings (SSSR count). The van der Waals surface area contributed by atoms with E-state index in [1.54, 1.807) is 6.07 Å². The summed E-state index contributed by atoms with van der Waals surface area (Å²) in [4.78, 5) is 10.3. The maximum atomic E-state index is 6.03. The molecule has 7 heteroatoms. The number of nitrogens with zero attached hydrogens (tertiary/aromatic N) is 3. The van der Waals surface area contributed by atoms with Crippen LogP contribution in [0.25, 0.3) is 0 Å². The third-order valence-corrected chi connectivity index (χ3v) is 3.84. The van der Waals surface area contributed by atoms with Crippen molar-refractivity contribution in [3.63, 3.8) is 0 Å². The number of hydrogen-bond acceptors (Lipinski definition) is 5. The highest BCUT2D eigenvalue weighted by Crippen LogP contribution is 2.33. The van der Waals surface area contributed by atoms with E-state index in [-0.39, 0.29) is 5.95 Å². The molecule has 0 saturated carbocycles. The van der Waals surface area contributed by atoms with Gasteiger partial charge in [0, 0.05) is 17.8 Å². The van der Waals surface area contributed by atoms with Crippen molar-refractivity contribution in [2.24, 2.45) is 0 Å². The van der Waals surface area contributed by atoms with Gasteiger partial charge in [0.05, 0.1) is 22.3 Å². The van der Waals surface area contributed by atoms with Gasteiger partial charge in [-0.1, -0.05) is 23.2 Å². The molecule has 4 N–H and O–H groups in total. The van der Waals surface area contributed by atoms with E-state index in [1.807, 2.05) is 12.1 Å². The second-order valence-corrected chi connectivity index (χ2v) is 5.16. The highest BCUT2D eigenvalue weighted by atomic mass is 35.5. The smallest absolute Gasteiger partial charge is 0.222 e. The van der Waals surface area contributed by atoms with Crippen molar-refractivity contribution in [2.75, 3.05) is 16.4 Å². The average Bonchev–Trinajstić information content (AvgIpc) is 2.76. The minimum Gasteiger partial charge on any atom is -0.383 e. The summed E-state index contributed by atoms with van der Waals surface area (Å²) in [6.07, 6.45) is 0. The van der Waals surface area contributed by atoms with Crippen LogP contribution in [-0.4, -0.2) is 9.97 Å². The van der Waals surface area contributed by atoms with E-state index in [0.717, 1.165) is 16.9 Å². The first kappa shape index (κ1) is 12.3. The Hall–Kier alpha value is -1.72. The van der Waals surface area contributed by atoms with E-state index in [4.69, 9.17) is 34.7 Å². The molecule has 2 aromatic rings. The number of nitrogen functional groups attached to an aromatic ring is 2. The maximum absolute atomic E-state index is 6.03. The van der Waals surface area contributed by atoms with Crippen molar-refractivity contribution in [3.05, 3.63) is 39.5 Å². The third-order valence-electron chi connectivity index (χ3n) is 3.10. The second kappa shape index (κ2) is 4.43. The van der Waals surface area contributed by atoms with Crippen molar-refractivity contribution in [1.29, 1.82) is 0 Å². The molecule has 2 heterocycles. The van der Waals surface area contributed by atoms with E-state index in [9.17, 15) is 0 Å². The van der Waals surface area contributed by atoms with Crippen LogP contribution in [0.4, 0.5) is 17.5 Å². The molecule has 0 unspecified atom stereocenters. The van der Waals surface area contributed by atoms with E-state index in [2.05, 4.69) is 14.9 Å². The number of nitrogens with two attached hydrogens (primary N) is 2. The topological polar surface area (TPSA) is 81.1 Å². The summed E-state index contributed by atoms with van der Waals surface area (Å²) in [7, 11) is 0. The van der Waals surface area contributed by atoms with Gasteiger partial charge in [0.2, 0.25) is 5.95 Å². The Kier molecular flexibility index (Phi) is 2.88. The Morgan fingerprint density at radius 3 is 2.58 bits per heavy atom. The molecule has 5 nitrogen and oxygen atoms in total. The van der Waals surface area contributed by atoms with Crippen LogP contribution in [0.2, 0.25) is 10.0 Å². The van der Waals surface area contributed by atoms with Crippen LogP contribution in [-0.2, 0) is 13.1 Å². The fourth-order valence-electron chi connectivity index (χ4n) is 2.16. The summed E-state index contributed by atoms with van der Waals surface area (Å²) in [5, 5.41) is 1.05. The van der Waals surface area contributed by atoms with Gasteiger partial charge in [-0.05, 0) is 18.2 Å². The lowest BCUT2D eigenvalue weighted by Crippen LogP contribution is -2.14. The minimum absolute atomic E-state index is 0.201. The first-order chi connectivity index (χ1) is 9.04. The molecular formula is C12H11Cl2N5. The zero-order chi connectivity index (χ0) is 13.6. The number of benzene rings is 1. The van der Waals surface area contributed by atoms with Crippen LogP contribution in [0, 0.1) is 0 Å². The quantitative estimate of drug-likeness (QED) is 0.845. The summed E-state index contributed by atoms with van der Waals surface area (Å²) in [5.41, 5.74) is 14.2. The summed E-state index contributed by atoms with van der Waals surface area (Å²) >= 11 is 11.9. The molecule has 0 fully saturated rings. The van der Waals surface area contributed by atoms with E-state index >= 15 is 0 Å². The van der Waals surface area contributed by atoms with Crippen LogP contribution >= 0.6 is 23.2 Å². The second-order valence-electron chi connectivity index (χ2n) is 4.35. The number of hydrogen-bond donors (Lipinski definition) is 2. The van der Waals surface area contributed by atoms with Gasteiger partial charge < -0.3 is 16.4 Å². The molecule has 0 atom stereocenters. The van der Waals surface area contributed by atoms with Crippen molar-refractivity contribution >= 4 is 40.7 Å². The first-order valence-corrected chi connectivity index (χ1v) is 6.41. The lowest BCUT2D eigenvalue weighted by Gasteiger charge is -2.17. The standard InChI is InChI=1S/C12H11Cl2N5/c13-8-2-1-6(3-9(8)14)19-4-7-10(5-19)17-12(16)18-11(7)15/h1-3H,4-5H2,(H4,15,16,17,18). The molecule has 1 aliphatic heterocycles. The highest BCUT2D eigenvalue weighted by molar-refractivity contribution is 6.42. The van der Waals surface area contributed by atoms with Gasteiger partial charge >= 0.3 is 0 Å². The SMILES string of the molecule is Nc1nc(N)c2c(n1)CN(c1ccc(Cl)c(Cl)c1)C2. The minimum atomic E-state index is 0.201. The van der Waals surface area contributed by atoms with Gasteiger partial charge in [-0.25, -0.2) is 4.98 Å². The van der Waals surface area contributed by atoms with Crippen molar-refractivity contribution < 1.29 is 0 Å². The van der Waals surface area contributed by atoms with Gasteiger partial charge in [-0.2, -0.15) is 4.98 Å². The van der Waals surface area contributed by atoms with Crippen molar-refractivity contribution in [1.82, 2.24) is 9.97 Å². The fourth-order valence-corrected chi connectivity index (χ4v) is 2.46. The van der Waals surface area contributed by atoms with Crippen LogP contribution < -0.4 is 16.4 Å². The van der Waals surface area contributed by atoms with E-state index in [0.29, 0.717) is 29.0 Å². The lowest BCUT2D eigenvalue weighted by atomic mass is 10.2. The Morgan fingerprint density at radius 1 is 1.05 bits per heavy atom.